The number of nitriles is 1. The van der Waals surface area contributed by atoms with Crippen molar-refractivity contribution in [1.29, 1.82) is 5.26 Å². The van der Waals surface area contributed by atoms with Gasteiger partial charge in [0.1, 0.15) is 11.9 Å². The number of hydrogen-bond acceptors (Lipinski definition) is 6. The lowest BCUT2D eigenvalue weighted by Gasteiger charge is -2.18. The third-order valence-corrected chi connectivity index (χ3v) is 3.88. The third kappa shape index (κ3) is 3.54. The van der Waals surface area contributed by atoms with Gasteiger partial charge in [-0.05, 0) is 30.0 Å². The molecule has 0 aliphatic heterocycles. The van der Waals surface area contributed by atoms with Crippen LogP contribution in [-0.2, 0) is 6.54 Å². The molecule has 1 aromatic carbocycles. The van der Waals surface area contributed by atoms with Crippen molar-refractivity contribution in [2.75, 3.05) is 18.2 Å². The minimum atomic E-state index is -0.601. The molecule has 0 amide bonds. The highest BCUT2D eigenvalue weighted by Gasteiger charge is 2.16. The molecule has 0 spiro atoms. The maximum Gasteiger partial charge on any atom is 0.305 e. The van der Waals surface area contributed by atoms with Gasteiger partial charge < -0.3 is 4.90 Å². The van der Waals surface area contributed by atoms with Gasteiger partial charge in [0, 0.05) is 24.6 Å². The fraction of sp³-hybridized carbons (Fsp3) is 0.200. The van der Waals surface area contributed by atoms with Gasteiger partial charge in [-0.25, -0.2) is 4.98 Å². The zero-order valence-electron chi connectivity index (χ0n) is 12.2. The van der Waals surface area contributed by atoms with E-state index < -0.39 is 4.92 Å². The van der Waals surface area contributed by atoms with Crippen molar-refractivity contribution in [2.45, 2.75) is 11.4 Å². The van der Waals surface area contributed by atoms with Crippen LogP contribution < -0.4 is 4.90 Å². The number of pyridine rings is 1. The summed E-state index contributed by atoms with van der Waals surface area (Å²) in [6.45, 7) is 0.602. The van der Waals surface area contributed by atoms with Crippen LogP contribution in [0.2, 0.25) is 0 Å². The summed E-state index contributed by atoms with van der Waals surface area (Å²) in [5, 5.41) is 19.8. The van der Waals surface area contributed by atoms with E-state index >= 15 is 0 Å². The number of benzene rings is 1. The zero-order valence-corrected chi connectivity index (χ0v) is 13.0. The van der Waals surface area contributed by atoms with Crippen LogP contribution in [0.1, 0.15) is 11.3 Å². The lowest BCUT2D eigenvalue weighted by atomic mass is 10.2. The van der Waals surface area contributed by atoms with Gasteiger partial charge in [-0.15, -0.1) is 11.8 Å². The molecule has 0 N–H and O–H groups in total. The number of nitro groups is 1. The van der Waals surface area contributed by atoms with Crippen molar-refractivity contribution < 1.29 is 4.92 Å². The molecule has 2 rings (SSSR count). The summed E-state index contributed by atoms with van der Waals surface area (Å²) in [4.78, 5) is 17.3. The largest absolute Gasteiger partial charge is 0.355 e. The fourth-order valence-corrected chi connectivity index (χ4v) is 2.38. The van der Waals surface area contributed by atoms with Crippen molar-refractivity contribution in [3.8, 4) is 6.07 Å². The van der Waals surface area contributed by atoms with Gasteiger partial charge >= 0.3 is 5.69 Å². The Kier molecular flexibility index (Phi) is 4.96. The number of rotatable bonds is 5. The molecule has 0 saturated carbocycles. The van der Waals surface area contributed by atoms with E-state index in [0.717, 1.165) is 5.56 Å². The van der Waals surface area contributed by atoms with Crippen LogP contribution in [0.5, 0.6) is 0 Å². The maximum atomic E-state index is 10.8. The summed E-state index contributed by atoms with van der Waals surface area (Å²) in [5.41, 5.74) is 0.648. The summed E-state index contributed by atoms with van der Waals surface area (Å²) in [6, 6.07) is 12.8. The molecule has 0 aliphatic carbocycles. The molecule has 1 aromatic heterocycles. The van der Waals surface area contributed by atoms with E-state index in [1.165, 1.54) is 11.0 Å². The number of aromatic nitrogens is 1. The van der Waals surface area contributed by atoms with Gasteiger partial charge in [0.15, 0.2) is 0 Å². The highest BCUT2D eigenvalue weighted by molar-refractivity contribution is 7.98. The van der Waals surface area contributed by atoms with E-state index in [0.29, 0.717) is 12.4 Å². The van der Waals surface area contributed by atoms with Gasteiger partial charge in [-0.2, -0.15) is 5.26 Å². The zero-order chi connectivity index (χ0) is 16.1. The van der Waals surface area contributed by atoms with Crippen LogP contribution in [-0.4, -0.2) is 23.2 Å². The van der Waals surface area contributed by atoms with Crippen molar-refractivity contribution >= 4 is 23.3 Å². The average molecular weight is 314 g/mol. The molecule has 0 atom stereocenters. The second kappa shape index (κ2) is 6.91. The molecule has 0 radical (unpaired) electrons. The topological polar surface area (TPSA) is 83.1 Å². The first-order valence-electron chi connectivity index (χ1n) is 6.44. The molecule has 7 heteroatoms. The van der Waals surface area contributed by atoms with Crippen molar-refractivity contribution in [2.24, 2.45) is 0 Å². The van der Waals surface area contributed by atoms with Crippen molar-refractivity contribution in [3.63, 3.8) is 0 Å². The van der Waals surface area contributed by atoms with E-state index in [1.807, 2.05) is 42.5 Å². The van der Waals surface area contributed by atoms with Gasteiger partial charge in [0.2, 0.25) is 5.69 Å². The molecular formula is C15H14N4O2S. The van der Waals surface area contributed by atoms with Gasteiger partial charge in [-0.1, -0.05) is 12.1 Å². The third-order valence-electron chi connectivity index (χ3n) is 3.13. The predicted octanol–water partition coefficient (Wildman–Crippen LogP) is 3.22. The molecule has 112 valence electrons. The molecule has 0 saturated heterocycles. The van der Waals surface area contributed by atoms with Crippen LogP contribution in [0, 0.1) is 21.4 Å². The van der Waals surface area contributed by atoms with Crippen LogP contribution in [0.3, 0.4) is 0 Å². The summed E-state index contributed by atoms with van der Waals surface area (Å²) in [5.74, 6) is 0.524. The van der Waals surface area contributed by atoms with Crippen LogP contribution in [0.15, 0.2) is 41.3 Å². The fourth-order valence-electron chi connectivity index (χ4n) is 1.97. The van der Waals surface area contributed by atoms with Crippen molar-refractivity contribution in [1.82, 2.24) is 4.98 Å². The summed E-state index contributed by atoms with van der Waals surface area (Å²) < 4.78 is 0. The van der Waals surface area contributed by atoms with Gasteiger partial charge in [0.25, 0.3) is 0 Å². The minimum absolute atomic E-state index is 0.174. The Balaban J connectivity index is 2.20. The van der Waals surface area contributed by atoms with Gasteiger partial charge in [0.05, 0.1) is 4.92 Å². The molecule has 6 nitrogen and oxygen atoms in total. The quantitative estimate of drug-likeness (QED) is 0.479. The number of anilines is 1. The number of nitrogens with zero attached hydrogens (tertiary/aromatic N) is 4. The molecule has 22 heavy (non-hydrogen) atoms. The highest BCUT2D eigenvalue weighted by atomic mass is 32.2. The normalized spacial score (nSPS) is 10.0. The predicted molar refractivity (Wildman–Crippen MR) is 85.9 cm³/mol. The Morgan fingerprint density at radius 3 is 2.55 bits per heavy atom. The van der Waals surface area contributed by atoms with Crippen molar-refractivity contribution in [3.05, 3.63) is 57.8 Å². The standard InChI is InChI=1S/C15H14N4O2S/c1-18(10-11-3-5-12(22-2)6-4-11)15-8-7-14(19(20)21)13(9-16)17-15/h3-8H,10H2,1-2H3. The van der Waals surface area contributed by atoms with Crippen LogP contribution in [0.25, 0.3) is 0 Å². The Bertz CT molecular complexity index is 725. The maximum absolute atomic E-state index is 10.8. The summed E-state index contributed by atoms with van der Waals surface area (Å²) in [7, 11) is 1.83. The molecule has 0 aliphatic rings. The first kappa shape index (κ1) is 15.8. The lowest BCUT2D eigenvalue weighted by Crippen LogP contribution is -2.18. The molecular weight excluding hydrogens is 300 g/mol. The molecule has 0 bridgehead atoms. The Labute approximate surface area is 132 Å². The van der Waals surface area contributed by atoms with Gasteiger partial charge in [-0.3, -0.25) is 10.1 Å². The molecule has 0 unspecified atom stereocenters. The summed E-state index contributed by atoms with van der Waals surface area (Å²) >= 11 is 1.68. The molecule has 2 aromatic rings. The Morgan fingerprint density at radius 1 is 1.32 bits per heavy atom. The van der Waals surface area contributed by atoms with Crippen LogP contribution >= 0.6 is 11.8 Å². The highest BCUT2D eigenvalue weighted by Crippen LogP contribution is 2.22. The minimum Gasteiger partial charge on any atom is -0.355 e. The second-order valence-electron chi connectivity index (χ2n) is 4.61. The molecule has 1 heterocycles. The summed E-state index contributed by atoms with van der Waals surface area (Å²) in [6.07, 6.45) is 2.02. The first-order chi connectivity index (χ1) is 10.5. The van der Waals surface area contributed by atoms with Crippen LogP contribution in [0.4, 0.5) is 11.5 Å². The van der Waals surface area contributed by atoms with E-state index in [2.05, 4.69) is 4.98 Å². The van der Waals surface area contributed by atoms with E-state index in [1.54, 1.807) is 23.9 Å². The smallest absolute Gasteiger partial charge is 0.305 e. The first-order valence-corrected chi connectivity index (χ1v) is 7.67. The number of thioether (sulfide) groups is 1. The average Bonchev–Trinajstić information content (AvgIpc) is 2.54. The number of hydrogen-bond donors (Lipinski definition) is 0. The van der Waals surface area contributed by atoms with E-state index in [4.69, 9.17) is 5.26 Å². The van der Waals surface area contributed by atoms with E-state index in [9.17, 15) is 10.1 Å². The van der Waals surface area contributed by atoms with E-state index in [-0.39, 0.29) is 11.4 Å². The molecule has 0 fully saturated rings. The monoisotopic (exact) mass is 314 g/mol. The Morgan fingerprint density at radius 2 is 2.00 bits per heavy atom. The SMILES string of the molecule is CSc1ccc(CN(C)c2ccc([N+](=O)[O-])c(C#N)n2)cc1. The Hall–Kier alpha value is -2.59. The lowest BCUT2D eigenvalue weighted by molar-refractivity contribution is -0.385. The second-order valence-corrected chi connectivity index (χ2v) is 5.49.